The van der Waals surface area contributed by atoms with Crippen LogP contribution < -0.4 is 11.1 Å². The Morgan fingerprint density at radius 1 is 1.64 bits per heavy atom. The molecule has 0 aliphatic rings. The van der Waals surface area contributed by atoms with Gasteiger partial charge in [0.2, 0.25) is 0 Å². The molecule has 3 N–H and O–H groups in total. The molecule has 14 heavy (non-hydrogen) atoms. The molecule has 0 radical (unpaired) electrons. The fraction of sp³-hybridized carbons (Fsp3) is 0.500. The normalized spacial score (nSPS) is 14.7. The molecule has 1 aromatic rings. The summed E-state index contributed by atoms with van der Waals surface area (Å²) >= 11 is 0. The molecule has 0 saturated carbocycles. The van der Waals surface area contributed by atoms with E-state index < -0.39 is 10.8 Å². The molecule has 1 heterocycles. The minimum absolute atomic E-state index is 0.0817. The minimum Gasteiger partial charge on any atom is -0.382 e. The van der Waals surface area contributed by atoms with Gasteiger partial charge in [-0.25, -0.2) is 4.98 Å². The quantitative estimate of drug-likeness (QED) is 0.750. The number of nitrogens with zero attached hydrogens (tertiary/aromatic N) is 2. The number of hydrogen-bond donors (Lipinski definition) is 2. The second-order valence-electron chi connectivity index (χ2n) is 3.02. The Balaban J connectivity index is 2.49. The zero-order valence-electron chi connectivity index (χ0n) is 8.23. The van der Waals surface area contributed by atoms with E-state index >= 15 is 0 Å². The summed E-state index contributed by atoms with van der Waals surface area (Å²) in [5, 5.41) is 3.10. The van der Waals surface area contributed by atoms with E-state index in [1.807, 2.05) is 6.92 Å². The summed E-state index contributed by atoms with van der Waals surface area (Å²) in [6.07, 6.45) is 4.74. The molecule has 0 spiro atoms. The molecule has 6 heteroatoms. The topological polar surface area (TPSA) is 80.9 Å². The number of anilines is 2. The zero-order chi connectivity index (χ0) is 10.6. The van der Waals surface area contributed by atoms with Gasteiger partial charge in [0.05, 0.1) is 12.4 Å². The molecule has 0 aliphatic carbocycles. The number of rotatable bonds is 4. The van der Waals surface area contributed by atoms with Gasteiger partial charge in [-0.05, 0) is 6.92 Å². The first-order valence-corrected chi connectivity index (χ1v) is 5.85. The Bertz CT molecular complexity index is 331. The fourth-order valence-corrected chi connectivity index (χ4v) is 1.15. The Morgan fingerprint density at radius 3 is 2.93 bits per heavy atom. The van der Waals surface area contributed by atoms with E-state index in [0.717, 1.165) is 0 Å². The van der Waals surface area contributed by atoms with Crippen LogP contribution in [0.25, 0.3) is 0 Å². The molecule has 0 fully saturated rings. The van der Waals surface area contributed by atoms with Crippen molar-refractivity contribution in [1.29, 1.82) is 0 Å². The van der Waals surface area contributed by atoms with Crippen molar-refractivity contribution in [2.75, 3.05) is 23.9 Å². The highest BCUT2D eigenvalue weighted by atomic mass is 32.2. The molecule has 0 aliphatic heterocycles. The summed E-state index contributed by atoms with van der Waals surface area (Å²) in [6, 6.07) is 0. The van der Waals surface area contributed by atoms with Crippen LogP contribution in [0.2, 0.25) is 0 Å². The van der Waals surface area contributed by atoms with Crippen molar-refractivity contribution in [3.63, 3.8) is 0 Å². The maximum absolute atomic E-state index is 11.0. The number of nitrogens with one attached hydrogen (secondary N) is 1. The predicted octanol–water partition coefficient (Wildman–Crippen LogP) is 0.238. The zero-order valence-corrected chi connectivity index (χ0v) is 9.04. The van der Waals surface area contributed by atoms with Crippen LogP contribution in [0.5, 0.6) is 0 Å². The van der Waals surface area contributed by atoms with Crippen molar-refractivity contribution >= 4 is 22.4 Å². The average molecular weight is 214 g/mol. The Hall–Kier alpha value is -1.17. The molecule has 1 aromatic heterocycles. The SMILES string of the molecule is CC(CNc1cncc(N)n1)S(C)=O. The van der Waals surface area contributed by atoms with E-state index in [0.29, 0.717) is 18.2 Å². The second-order valence-corrected chi connectivity index (χ2v) is 4.82. The summed E-state index contributed by atoms with van der Waals surface area (Å²) in [7, 11) is -0.831. The van der Waals surface area contributed by atoms with Gasteiger partial charge in [-0.3, -0.25) is 9.19 Å². The molecule has 2 atom stereocenters. The van der Waals surface area contributed by atoms with E-state index in [9.17, 15) is 4.21 Å². The fourth-order valence-electron chi connectivity index (χ4n) is 0.832. The molecule has 0 saturated heterocycles. The third-order valence-electron chi connectivity index (χ3n) is 1.79. The van der Waals surface area contributed by atoms with Gasteiger partial charge in [0.1, 0.15) is 11.6 Å². The second kappa shape index (κ2) is 4.90. The van der Waals surface area contributed by atoms with Crippen molar-refractivity contribution in [3.8, 4) is 0 Å². The maximum Gasteiger partial charge on any atom is 0.146 e. The lowest BCUT2D eigenvalue weighted by molar-refractivity contribution is 0.679. The van der Waals surface area contributed by atoms with Crippen molar-refractivity contribution < 1.29 is 4.21 Å². The van der Waals surface area contributed by atoms with Crippen LogP contribution >= 0.6 is 0 Å². The highest BCUT2D eigenvalue weighted by Gasteiger charge is 2.05. The molecule has 5 nitrogen and oxygen atoms in total. The summed E-state index contributed by atoms with van der Waals surface area (Å²) in [5.74, 6) is 0.988. The van der Waals surface area contributed by atoms with E-state index in [1.54, 1.807) is 12.5 Å². The molecule has 1 rings (SSSR count). The highest BCUT2D eigenvalue weighted by Crippen LogP contribution is 2.03. The van der Waals surface area contributed by atoms with E-state index in [4.69, 9.17) is 5.73 Å². The lowest BCUT2D eigenvalue weighted by Crippen LogP contribution is -2.21. The lowest BCUT2D eigenvalue weighted by Gasteiger charge is -2.09. The molecule has 0 amide bonds. The van der Waals surface area contributed by atoms with Crippen molar-refractivity contribution in [1.82, 2.24) is 9.97 Å². The van der Waals surface area contributed by atoms with Crippen LogP contribution in [-0.4, -0.2) is 32.2 Å². The Labute approximate surface area is 85.6 Å². The predicted molar refractivity (Wildman–Crippen MR) is 58.5 cm³/mol. The van der Waals surface area contributed by atoms with E-state index in [-0.39, 0.29) is 5.25 Å². The van der Waals surface area contributed by atoms with Crippen LogP contribution in [0.4, 0.5) is 11.6 Å². The van der Waals surface area contributed by atoms with E-state index in [1.165, 1.54) is 6.20 Å². The maximum atomic E-state index is 11.0. The standard InChI is InChI=1S/C8H14N4OS/c1-6(14(2)13)3-11-8-5-10-4-7(9)12-8/h4-6H,3H2,1-2H3,(H3,9,11,12). The van der Waals surface area contributed by atoms with E-state index in [2.05, 4.69) is 15.3 Å². The highest BCUT2D eigenvalue weighted by molar-refractivity contribution is 7.84. The number of nitrogens with two attached hydrogens (primary N) is 1. The Kier molecular flexibility index (Phi) is 3.82. The molecule has 0 aromatic carbocycles. The van der Waals surface area contributed by atoms with Crippen molar-refractivity contribution in [2.24, 2.45) is 0 Å². The van der Waals surface area contributed by atoms with Crippen LogP contribution in [0.1, 0.15) is 6.92 Å². The molecule has 0 bridgehead atoms. The first-order valence-electron chi connectivity index (χ1n) is 4.23. The smallest absolute Gasteiger partial charge is 0.146 e. The van der Waals surface area contributed by atoms with Gasteiger partial charge in [-0.1, -0.05) is 0 Å². The first kappa shape index (κ1) is 10.9. The van der Waals surface area contributed by atoms with Gasteiger partial charge >= 0.3 is 0 Å². The monoisotopic (exact) mass is 214 g/mol. The number of aromatic nitrogens is 2. The molecule has 78 valence electrons. The van der Waals surface area contributed by atoms with Crippen LogP contribution in [0.3, 0.4) is 0 Å². The summed E-state index contributed by atoms with van der Waals surface area (Å²) in [6.45, 7) is 2.50. The van der Waals surface area contributed by atoms with Crippen LogP contribution in [0, 0.1) is 0 Å². The van der Waals surface area contributed by atoms with Gasteiger partial charge in [-0.2, -0.15) is 0 Å². The van der Waals surface area contributed by atoms with Gasteiger partial charge in [0.25, 0.3) is 0 Å². The number of hydrogen-bond acceptors (Lipinski definition) is 5. The summed E-state index contributed by atoms with van der Waals surface area (Å²) in [5.41, 5.74) is 5.45. The van der Waals surface area contributed by atoms with Crippen molar-refractivity contribution in [3.05, 3.63) is 12.4 Å². The van der Waals surface area contributed by atoms with Gasteiger partial charge in [-0.15, -0.1) is 0 Å². The van der Waals surface area contributed by atoms with Crippen LogP contribution in [0.15, 0.2) is 12.4 Å². The molecule has 2 unspecified atom stereocenters. The van der Waals surface area contributed by atoms with Crippen molar-refractivity contribution in [2.45, 2.75) is 12.2 Å². The first-order chi connectivity index (χ1) is 6.59. The third kappa shape index (κ3) is 3.29. The Morgan fingerprint density at radius 2 is 2.36 bits per heavy atom. The van der Waals surface area contributed by atoms with Gasteiger partial charge in [0.15, 0.2) is 0 Å². The van der Waals surface area contributed by atoms with Gasteiger partial charge in [0, 0.05) is 28.9 Å². The lowest BCUT2D eigenvalue weighted by atomic mass is 10.4. The average Bonchev–Trinajstić information content (AvgIpc) is 2.14. The summed E-state index contributed by atoms with van der Waals surface area (Å²) < 4.78 is 11.0. The molecular formula is C8H14N4OS. The molecular weight excluding hydrogens is 200 g/mol. The van der Waals surface area contributed by atoms with Gasteiger partial charge < -0.3 is 11.1 Å². The summed E-state index contributed by atoms with van der Waals surface area (Å²) in [4.78, 5) is 7.89. The number of nitrogen functional groups attached to an aromatic ring is 1. The largest absolute Gasteiger partial charge is 0.382 e. The minimum atomic E-state index is -0.831. The third-order valence-corrected chi connectivity index (χ3v) is 3.09. The van der Waals surface area contributed by atoms with Crippen LogP contribution in [-0.2, 0) is 10.8 Å².